The Morgan fingerprint density at radius 1 is 0.974 bits per heavy atom. The third-order valence-electron chi connectivity index (χ3n) is 5.77. The summed E-state index contributed by atoms with van der Waals surface area (Å²) in [5.74, 6) is -0.672. The number of Topliss-reactive ketones (excluding diaryl/α,β-unsaturated/α-hetero) is 1. The first-order valence-electron chi connectivity index (χ1n) is 11.8. The second-order valence-electron chi connectivity index (χ2n) is 8.38. The lowest BCUT2D eigenvalue weighted by Gasteiger charge is -2.09. The molecule has 2 aromatic carbocycles. The van der Waals surface area contributed by atoms with Gasteiger partial charge in [-0.2, -0.15) is 0 Å². The van der Waals surface area contributed by atoms with Gasteiger partial charge in [0, 0.05) is 47.6 Å². The molecule has 0 fully saturated rings. The molecule has 5 aromatic rings. The standard InChI is InChI=1S/C27H23N7O3S/c28-24(36)10-13-34-22-7-6-19(30-15-23(35)17-4-2-1-3-5-17)14-20(22)32-27(34)33-25(37)21-16-38-26(31-21)18-8-11-29-12-9-18/h1-9,11-12,14,16,30H,10,13,15H2,(H2,28,36)(H,32,33,37). The van der Waals surface area contributed by atoms with Gasteiger partial charge in [0.25, 0.3) is 5.91 Å². The average molecular weight is 526 g/mol. The molecule has 5 rings (SSSR count). The largest absolute Gasteiger partial charge is 0.378 e. The maximum Gasteiger partial charge on any atom is 0.277 e. The second kappa shape index (κ2) is 11.0. The van der Waals surface area contributed by atoms with E-state index in [0.29, 0.717) is 27.3 Å². The number of hydrogen-bond donors (Lipinski definition) is 3. The molecule has 0 bridgehead atoms. The molecule has 2 amide bonds. The summed E-state index contributed by atoms with van der Waals surface area (Å²) in [6.07, 6.45) is 3.40. The Morgan fingerprint density at radius 2 is 1.76 bits per heavy atom. The van der Waals surface area contributed by atoms with Gasteiger partial charge in [-0.05, 0) is 30.3 Å². The highest BCUT2D eigenvalue weighted by molar-refractivity contribution is 7.13. The minimum Gasteiger partial charge on any atom is -0.378 e. The Labute approximate surface area is 221 Å². The molecule has 0 aliphatic heterocycles. The number of nitrogens with zero attached hydrogens (tertiary/aromatic N) is 4. The fraction of sp³-hybridized carbons (Fsp3) is 0.111. The number of benzene rings is 2. The minimum absolute atomic E-state index is 0.0416. The lowest BCUT2D eigenvalue weighted by molar-refractivity contribution is -0.118. The molecule has 10 nitrogen and oxygen atoms in total. The molecule has 3 aromatic heterocycles. The molecule has 0 saturated carbocycles. The van der Waals surface area contributed by atoms with Gasteiger partial charge in [0.1, 0.15) is 10.7 Å². The van der Waals surface area contributed by atoms with Gasteiger partial charge in [0.05, 0.1) is 17.6 Å². The number of hydrogen-bond acceptors (Lipinski definition) is 8. The summed E-state index contributed by atoms with van der Waals surface area (Å²) < 4.78 is 1.73. The Hall–Kier alpha value is -4.90. The van der Waals surface area contributed by atoms with Crippen LogP contribution >= 0.6 is 11.3 Å². The maximum absolute atomic E-state index is 13.0. The maximum atomic E-state index is 13.0. The molecule has 190 valence electrons. The third kappa shape index (κ3) is 5.57. The van der Waals surface area contributed by atoms with E-state index in [0.717, 1.165) is 5.56 Å². The van der Waals surface area contributed by atoms with Gasteiger partial charge < -0.3 is 15.6 Å². The van der Waals surface area contributed by atoms with Gasteiger partial charge in [-0.15, -0.1) is 11.3 Å². The number of nitrogens with one attached hydrogen (secondary N) is 2. The predicted molar refractivity (Wildman–Crippen MR) is 146 cm³/mol. The van der Waals surface area contributed by atoms with Crippen molar-refractivity contribution in [3.05, 3.63) is 89.7 Å². The van der Waals surface area contributed by atoms with Gasteiger partial charge in [-0.1, -0.05) is 30.3 Å². The van der Waals surface area contributed by atoms with Crippen LogP contribution in [0.2, 0.25) is 0 Å². The van der Waals surface area contributed by atoms with Crippen LogP contribution in [0.15, 0.2) is 78.4 Å². The van der Waals surface area contributed by atoms with Crippen molar-refractivity contribution in [2.24, 2.45) is 5.73 Å². The molecular formula is C27H23N7O3S. The normalized spacial score (nSPS) is 10.8. The van der Waals surface area contributed by atoms with Gasteiger partial charge in [0.15, 0.2) is 5.78 Å². The van der Waals surface area contributed by atoms with Crippen molar-refractivity contribution in [2.45, 2.75) is 13.0 Å². The van der Waals surface area contributed by atoms with Crippen molar-refractivity contribution in [2.75, 3.05) is 17.2 Å². The summed E-state index contributed by atoms with van der Waals surface area (Å²) >= 11 is 1.35. The molecule has 0 unspecified atom stereocenters. The topological polar surface area (TPSA) is 145 Å². The van der Waals surface area contributed by atoms with E-state index in [4.69, 9.17) is 5.73 Å². The molecule has 0 atom stereocenters. The monoisotopic (exact) mass is 525 g/mol. The van der Waals surface area contributed by atoms with Gasteiger partial charge in [-0.25, -0.2) is 9.97 Å². The van der Waals surface area contributed by atoms with Crippen molar-refractivity contribution in [3.63, 3.8) is 0 Å². The molecule has 38 heavy (non-hydrogen) atoms. The zero-order valence-electron chi connectivity index (χ0n) is 20.1. The summed E-state index contributed by atoms with van der Waals surface area (Å²) in [6, 6.07) is 18.1. The number of imidazole rings is 1. The molecule has 0 aliphatic rings. The van der Waals surface area contributed by atoms with Crippen LogP contribution in [0.3, 0.4) is 0 Å². The number of carbonyl (C=O) groups is 3. The number of amides is 2. The zero-order chi connectivity index (χ0) is 26.5. The number of pyridine rings is 1. The number of ketones is 1. The van der Waals surface area contributed by atoms with E-state index >= 15 is 0 Å². The fourth-order valence-electron chi connectivity index (χ4n) is 3.86. The number of nitrogens with two attached hydrogens (primary N) is 1. The first-order valence-corrected chi connectivity index (χ1v) is 12.6. The van der Waals surface area contributed by atoms with Crippen LogP contribution in [-0.4, -0.2) is 43.7 Å². The lowest BCUT2D eigenvalue weighted by atomic mass is 10.1. The summed E-state index contributed by atoms with van der Waals surface area (Å²) in [5.41, 5.74) is 9.09. The minimum atomic E-state index is -0.469. The third-order valence-corrected chi connectivity index (χ3v) is 6.66. The highest BCUT2D eigenvalue weighted by Crippen LogP contribution is 2.26. The Bertz CT molecular complexity index is 1610. The van der Waals surface area contributed by atoms with Gasteiger partial charge in [0.2, 0.25) is 11.9 Å². The number of rotatable bonds is 10. The molecule has 0 radical (unpaired) electrons. The highest BCUT2D eigenvalue weighted by Gasteiger charge is 2.18. The summed E-state index contributed by atoms with van der Waals surface area (Å²) in [7, 11) is 0. The molecule has 0 aliphatic carbocycles. The molecule has 0 saturated heterocycles. The first kappa shape index (κ1) is 24.8. The van der Waals surface area contributed by atoms with E-state index in [2.05, 4.69) is 25.6 Å². The second-order valence-corrected chi connectivity index (χ2v) is 9.24. The summed E-state index contributed by atoms with van der Waals surface area (Å²) in [6.45, 7) is 0.352. The van der Waals surface area contributed by atoms with Crippen molar-refractivity contribution < 1.29 is 14.4 Å². The number of anilines is 2. The molecule has 0 spiro atoms. The van der Waals surface area contributed by atoms with Crippen LogP contribution in [0.4, 0.5) is 11.6 Å². The van der Waals surface area contributed by atoms with Crippen molar-refractivity contribution in [3.8, 4) is 10.6 Å². The summed E-state index contributed by atoms with van der Waals surface area (Å²) in [4.78, 5) is 50.0. The van der Waals surface area contributed by atoms with Crippen molar-refractivity contribution in [1.82, 2.24) is 19.5 Å². The van der Waals surface area contributed by atoms with Crippen molar-refractivity contribution in [1.29, 1.82) is 0 Å². The van der Waals surface area contributed by atoms with Gasteiger partial charge >= 0.3 is 0 Å². The number of thiazole rings is 1. The van der Waals surface area contributed by atoms with Crippen molar-refractivity contribution >= 4 is 51.6 Å². The Morgan fingerprint density at radius 3 is 2.53 bits per heavy atom. The molecule has 11 heteroatoms. The van der Waals surface area contributed by atoms with E-state index in [-0.39, 0.29) is 36.9 Å². The Balaban J connectivity index is 1.37. The smallest absolute Gasteiger partial charge is 0.277 e. The van der Waals surface area contributed by atoms with E-state index in [9.17, 15) is 14.4 Å². The van der Waals surface area contributed by atoms with Crippen LogP contribution < -0.4 is 16.4 Å². The highest BCUT2D eigenvalue weighted by atomic mass is 32.1. The number of carbonyl (C=O) groups excluding carboxylic acids is 3. The number of primary amides is 1. The van der Waals surface area contributed by atoms with Crippen LogP contribution in [-0.2, 0) is 11.3 Å². The average Bonchev–Trinajstić information content (AvgIpc) is 3.56. The summed E-state index contributed by atoms with van der Waals surface area (Å²) in [5, 5.41) is 8.31. The van der Waals surface area contributed by atoms with E-state index in [1.165, 1.54) is 11.3 Å². The molecule has 3 heterocycles. The predicted octanol–water partition coefficient (Wildman–Crippen LogP) is 3.98. The number of aryl methyl sites for hydroxylation is 1. The number of fused-ring (bicyclic) bond motifs is 1. The van der Waals surface area contributed by atoms with E-state index in [1.807, 2.05) is 42.5 Å². The molecular weight excluding hydrogens is 502 g/mol. The van der Waals surface area contributed by atoms with Crippen LogP contribution in [0.25, 0.3) is 21.6 Å². The van der Waals surface area contributed by atoms with Crippen LogP contribution in [0.5, 0.6) is 0 Å². The zero-order valence-corrected chi connectivity index (χ0v) is 20.9. The van der Waals surface area contributed by atoms with Crippen LogP contribution in [0, 0.1) is 0 Å². The van der Waals surface area contributed by atoms with E-state index < -0.39 is 11.8 Å². The molecule has 4 N–H and O–H groups in total. The first-order chi connectivity index (χ1) is 18.5. The fourth-order valence-corrected chi connectivity index (χ4v) is 4.67. The SMILES string of the molecule is NC(=O)CCn1c(NC(=O)c2csc(-c3ccncc3)n2)nc2cc(NCC(=O)c3ccccc3)ccc21. The van der Waals surface area contributed by atoms with E-state index in [1.54, 1.807) is 40.5 Å². The lowest BCUT2D eigenvalue weighted by Crippen LogP contribution is -2.19. The quantitative estimate of drug-likeness (QED) is 0.234. The number of aromatic nitrogens is 4. The Kier molecular flexibility index (Phi) is 7.18. The van der Waals surface area contributed by atoms with Crippen LogP contribution in [0.1, 0.15) is 27.3 Å². The van der Waals surface area contributed by atoms with Gasteiger partial charge in [-0.3, -0.25) is 24.7 Å².